The number of nitrogens with one attached hydrogen (secondary N) is 2. The molecule has 2 aromatic carbocycles. The largest absolute Gasteiger partial charge is 0.366 e. The van der Waals surface area contributed by atoms with Crippen molar-refractivity contribution in [3.05, 3.63) is 82.8 Å². The number of benzene rings is 2. The van der Waals surface area contributed by atoms with Crippen LogP contribution >= 0.6 is 11.6 Å². The number of amides is 1. The van der Waals surface area contributed by atoms with Gasteiger partial charge in [0.05, 0.1) is 0 Å². The first-order valence-electron chi connectivity index (χ1n) is 7.79. The van der Waals surface area contributed by atoms with Crippen molar-refractivity contribution in [2.24, 2.45) is 0 Å². The molecule has 126 valence electrons. The summed E-state index contributed by atoms with van der Waals surface area (Å²) in [5.74, 6) is 0.276. The summed E-state index contributed by atoms with van der Waals surface area (Å²) in [6, 6.07) is 16.8. The first-order valence-corrected chi connectivity index (χ1v) is 8.17. The molecule has 0 saturated carbocycles. The molecule has 0 atom stereocenters. The molecular formula is C19H17ClN4O. The van der Waals surface area contributed by atoms with E-state index in [9.17, 15) is 4.79 Å². The molecule has 0 aliphatic carbocycles. The number of nitrogens with zero attached hydrogens (tertiary/aromatic N) is 2. The molecule has 1 heterocycles. The molecule has 6 heteroatoms. The average molecular weight is 353 g/mol. The number of aryl methyl sites for hydroxylation is 1. The van der Waals surface area contributed by atoms with Crippen LogP contribution in [-0.4, -0.2) is 15.9 Å². The molecule has 0 bridgehead atoms. The van der Waals surface area contributed by atoms with E-state index in [-0.39, 0.29) is 11.6 Å². The second kappa shape index (κ2) is 7.77. The van der Waals surface area contributed by atoms with Gasteiger partial charge >= 0.3 is 0 Å². The predicted octanol–water partition coefficient (Wildman–Crippen LogP) is 4.30. The van der Waals surface area contributed by atoms with Crippen LogP contribution < -0.4 is 10.6 Å². The molecule has 0 radical (unpaired) electrons. The van der Waals surface area contributed by atoms with Crippen LogP contribution in [0.2, 0.25) is 5.02 Å². The highest BCUT2D eigenvalue weighted by Gasteiger charge is 2.09. The molecule has 3 rings (SSSR count). The predicted molar refractivity (Wildman–Crippen MR) is 99.9 cm³/mol. The Morgan fingerprint density at radius 2 is 1.92 bits per heavy atom. The number of halogens is 1. The summed E-state index contributed by atoms with van der Waals surface area (Å²) in [6.45, 7) is 2.48. The minimum absolute atomic E-state index is 0.284. The third-order valence-corrected chi connectivity index (χ3v) is 3.96. The number of anilines is 2. The molecule has 3 aromatic rings. The van der Waals surface area contributed by atoms with Crippen LogP contribution in [0.1, 0.15) is 21.6 Å². The standard InChI is InChI=1S/C19H17ClN4O/c1-13-5-4-7-15(9-13)24-19(25)17-10-18(23-12-22-17)21-11-14-6-2-3-8-16(14)20/h2-10,12H,11H2,1H3,(H,24,25)(H,21,22,23). The summed E-state index contributed by atoms with van der Waals surface area (Å²) < 4.78 is 0. The quantitative estimate of drug-likeness (QED) is 0.718. The number of rotatable bonds is 5. The van der Waals surface area contributed by atoms with Crippen molar-refractivity contribution >= 4 is 29.0 Å². The van der Waals surface area contributed by atoms with Crippen LogP contribution in [0, 0.1) is 6.92 Å². The molecule has 1 amide bonds. The lowest BCUT2D eigenvalue weighted by atomic mass is 10.2. The van der Waals surface area contributed by atoms with Crippen LogP contribution in [-0.2, 0) is 6.54 Å². The zero-order valence-corrected chi connectivity index (χ0v) is 14.4. The summed E-state index contributed by atoms with van der Waals surface area (Å²) in [7, 11) is 0. The van der Waals surface area contributed by atoms with Crippen LogP contribution in [0.5, 0.6) is 0 Å². The summed E-state index contributed by atoms with van der Waals surface area (Å²) in [5.41, 5.74) is 3.04. The lowest BCUT2D eigenvalue weighted by molar-refractivity contribution is 0.102. The van der Waals surface area contributed by atoms with E-state index in [0.29, 0.717) is 17.4 Å². The van der Waals surface area contributed by atoms with E-state index in [2.05, 4.69) is 20.6 Å². The van der Waals surface area contributed by atoms with Crippen molar-refractivity contribution in [3.63, 3.8) is 0 Å². The van der Waals surface area contributed by atoms with Gasteiger partial charge in [0.1, 0.15) is 17.8 Å². The zero-order chi connectivity index (χ0) is 17.6. The van der Waals surface area contributed by atoms with Gasteiger partial charge in [-0.3, -0.25) is 4.79 Å². The lowest BCUT2D eigenvalue weighted by Crippen LogP contribution is -2.14. The summed E-state index contributed by atoms with van der Waals surface area (Å²) >= 11 is 6.14. The van der Waals surface area contributed by atoms with Gasteiger partial charge in [-0.15, -0.1) is 0 Å². The van der Waals surface area contributed by atoms with Crippen LogP contribution in [0.25, 0.3) is 0 Å². The monoisotopic (exact) mass is 352 g/mol. The van der Waals surface area contributed by atoms with Crippen LogP contribution in [0.3, 0.4) is 0 Å². The highest BCUT2D eigenvalue weighted by Crippen LogP contribution is 2.17. The lowest BCUT2D eigenvalue weighted by Gasteiger charge is -2.09. The molecule has 0 aliphatic rings. The minimum Gasteiger partial charge on any atom is -0.366 e. The molecule has 0 unspecified atom stereocenters. The average Bonchev–Trinajstić information content (AvgIpc) is 2.61. The first-order chi connectivity index (χ1) is 12.1. The number of carbonyl (C=O) groups is 1. The van der Waals surface area contributed by atoms with Crippen molar-refractivity contribution in [1.29, 1.82) is 0 Å². The normalized spacial score (nSPS) is 10.3. The maximum atomic E-state index is 12.4. The number of hydrogen-bond acceptors (Lipinski definition) is 4. The van der Waals surface area contributed by atoms with E-state index in [0.717, 1.165) is 16.8 Å². The molecule has 0 spiro atoms. The molecular weight excluding hydrogens is 336 g/mol. The Balaban J connectivity index is 1.68. The third-order valence-electron chi connectivity index (χ3n) is 3.59. The van der Waals surface area contributed by atoms with Crippen molar-refractivity contribution in [2.45, 2.75) is 13.5 Å². The Labute approximate surface area is 151 Å². The highest BCUT2D eigenvalue weighted by atomic mass is 35.5. The summed E-state index contributed by atoms with van der Waals surface area (Å²) in [6.07, 6.45) is 1.36. The first kappa shape index (κ1) is 16.9. The maximum Gasteiger partial charge on any atom is 0.274 e. The van der Waals surface area contributed by atoms with E-state index in [4.69, 9.17) is 11.6 Å². The van der Waals surface area contributed by atoms with Crippen molar-refractivity contribution in [1.82, 2.24) is 9.97 Å². The van der Waals surface area contributed by atoms with Crippen LogP contribution in [0.15, 0.2) is 60.9 Å². The van der Waals surface area contributed by atoms with Gasteiger partial charge in [-0.2, -0.15) is 0 Å². The Morgan fingerprint density at radius 3 is 2.72 bits per heavy atom. The Morgan fingerprint density at radius 1 is 1.08 bits per heavy atom. The summed E-state index contributed by atoms with van der Waals surface area (Å²) in [5, 5.41) is 6.67. The number of hydrogen-bond donors (Lipinski definition) is 2. The molecule has 2 N–H and O–H groups in total. The van der Waals surface area contributed by atoms with E-state index < -0.39 is 0 Å². The molecule has 25 heavy (non-hydrogen) atoms. The molecule has 5 nitrogen and oxygen atoms in total. The Hall–Kier alpha value is -2.92. The van der Waals surface area contributed by atoms with Gasteiger partial charge < -0.3 is 10.6 Å². The SMILES string of the molecule is Cc1cccc(NC(=O)c2cc(NCc3ccccc3Cl)ncn2)c1. The topological polar surface area (TPSA) is 66.9 Å². The maximum absolute atomic E-state index is 12.4. The van der Waals surface area contributed by atoms with Crippen LogP contribution in [0.4, 0.5) is 11.5 Å². The van der Waals surface area contributed by atoms with Crippen molar-refractivity contribution < 1.29 is 4.79 Å². The van der Waals surface area contributed by atoms with Gasteiger partial charge in [-0.1, -0.05) is 41.9 Å². The highest BCUT2D eigenvalue weighted by molar-refractivity contribution is 6.31. The van der Waals surface area contributed by atoms with Crippen molar-refractivity contribution in [3.8, 4) is 0 Å². The number of aromatic nitrogens is 2. The fourth-order valence-electron chi connectivity index (χ4n) is 2.32. The molecule has 0 saturated heterocycles. The van der Waals surface area contributed by atoms with E-state index in [1.54, 1.807) is 6.07 Å². The fraction of sp³-hybridized carbons (Fsp3) is 0.105. The fourth-order valence-corrected chi connectivity index (χ4v) is 2.53. The minimum atomic E-state index is -0.284. The third kappa shape index (κ3) is 4.55. The van der Waals surface area contributed by atoms with Gasteiger partial charge in [0.15, 0.2) is 0 Å². The molecule has 0 aliphatic heterocycles. The van der Waals surface area contributed by atoms with Gasteiger partial charge in [-0.05, 0) is 36.2 Å². The summed E-state index contributed by atoms with van der Waals surface area (Å²) in [4.78, 5) is 20.5. The Bertz CT molecular complexity index is 898. The van der Waals surface area contributed by atoms with Gasteiger partial charge in [-0.25, -0.2) is 9.97 Å². The van der Waals surface area contributed by atoms with E-state index in [1.165, 1.54) is 6.33 Å². The van der Waals surface area contributed by atoms with Gasteiger partial charge in [0, 0.05) is 23.3 Å². The van der Waals surface area contributed by atoms with E-state index >= 15 is 0 Å². The second-order valence-corrected chi connectivity index (χ2v) is 5.96. The van der Waals surface area contributed by atoms with E-state index in [1.807, 2.05) is 55.5 Å². The molecule has 1 aromatic heterocycles. The van der Waals surface area contributed by atoms with Crippen molar-refractivity contribution in [2.75, 3.05) is 10.6 Å². The second-order valence-electron chi connectivity index (χ2n) is 5.56. The van der Waals surface area contributed by atoms with Gasteiger partial charge in [0.2, 0.25) is 0 Å². The number of carbonyl (C=O) groups excluding carboxylic acids is 1. The van der Waals surface area contributed by atoms with Gasteiger partial charge in [0.25, 0.3) is 5.91 Å². The zero-order valence-electron chi connectivity index (χ0n) is 13.7. The Kier molecular flexibility index (Phi) is 5.26. The smallest absolute Gasteiger partial charge is 0.274 e. The molecule has 0 fully saturated rings.